The van der Waals surface area contributed by atoms with Gasteiger partial charge in [0.1, 0.15) is 11.6 Å². The van der Waals surface area contributed by atoms with Crippen LogP contribution in [0.4, 0.5) is 5.69 Å². The lowest BCUT2D eigenvalue weighted by atomic mass is 10.3. The molecule has 3 rings (SSSR count). The van der Waals surface area contributed by atoms with Crippen molar-refractivity contribution < 1.29 is 9.53 Å². The highest BCUT2D eigenvalue weighted by Gasteiger charge is 2.06. The van der Waals surface area contributed by atoms with Crippen molar-refractivity contribution in [3.63, 3.8) is 0 Å². The van der Waals surface area contributed by atoms with Gasteiger partial charge < -0.3 is 15.0 Å². The van der Waals surface area contributed by atoms with E-state index in [0.717, 1.165) is 16.9 Å². The highest BCUT2D eigenvalue weighted by molar-refractivity contribution is 6.30. The summed E-state index contributed by atoms with van der Waals surface area (Å²) in [4.78, 5) is 19.3. The Kier molecular flexibility index (Phi) is 3.98. The molecule has 0 spiro atoms. The summed E-state index contributed by atoms with van der Waals surface area (Å²) in [6.07, 6.45) is 0. The second kappa shape index (κ2) is 6.07. The molecule has 22 heavy (non-hydrogen) atoms. The molecule has 112 valence electrons. The van der Waals surface area contributed by atoms with Crippen molar-refractivity contribution in [2.24, 2.45) is 0 Å². The number of aromatic amines is 1. The van der Waals surface area contributed by atoms with Crippen molar-refractivity contribution in [1.82, 2.24) is 9.97 Å². The zero-order valence-electron chi connectivity index (χ0n) is 11.9. The molecule has 1 amide bonds. The van der Waals surface area contributed by atoms with Gasteiger partial charge in [0.15, 0.2) is 6.61 Å². The van der Waals surface area contributed by atoms with Crippen LogP contribution in [0.15, 0.2) is 42.5 Å². The van der Waals surface area contributed by atoms with E-state index < -0.39 is 0 Å². The maximum atomic E-state index is 11.9. The molecule has 0 aliphatic rings. The van der Waals surface area contributed by atoms with Gasteiger partial charge in [-0.25, -0.2) is 4.98 Å². The minimum atomic E-state index is -0.231. The van der Waals surface area contributed by atoms with Crippen LogP contribution < -0.4 is 10.1 Å². The number of anilines is 1. The molecule has 2 aromatic carbocycles. The molecule has 0 aliphatic heterocycles. The van der Waals surface area contributed by atoms with Gasteiger partial charge in [0.05, 0.1) is 11.0 Å². The predicted molar refractivity (Wildman–Crippen MR) is 86.4 cm³/mol. The Morgan fingerprint density at radius 3 is 2.82 bits per heavy atom. The first-order valence-electron chi connectivity index (χ1n) is 6.75. The van der Waals surface area contributed by atoms with Crippen LogP contribution in [0.25, 0.3) is 11.0 Å². The van der Waals surface area contributed by atoms with E-state index >= 15 is 0 Å². The molecule has 0 saturated carbocycles. The average molecular weight is 316 g/mol. The Hall–Kier alpha value is -2.53. The van der Waals surface area contributed by atoms with Crippen LogP contribution in [0.2, 0.25) is 5.02 Å². The van der Waals surface area contributed by atoms with Crippen molar-refractivity contribution in [2.75, 3.05) is 11.9 Å². The SMILES string of the molecule is Cc1nc2ccc(NC(=O)COc3ccc(Cl)cc3)cc2[nH]1. The molecule has 3 aromatic rings. The number of ether oxygens (including phenoxy) is 1. The molecule has 6 heteroatoms. The minimum absolute atomic E-state index is 0.0678. The Morgan fingerprint density at radius 1 is 1.27 bits per heavy atom. The molecule has 5 nitrogen and oxygen atoms in total. The summed E-state index contributed by atoms with van der Waals surface area (Å²) < 4.78 is 5.40. The second-order valence-electron chi connectivity index (χ2n) is 4.84. The third-order valence-electron chi connectivity index (χ3n) is 3.07. The summed E-state index contributed by atoms with van der Waals surface area (Å²) in [6, 6.07) is 12.4. The topological polar surface area (TPSA) is 67.0 Å². The predicted octanol–water partition coefficient (Wildman–Crippen LogP) is 3.54. The molecule has 0 aliphatic carbocycles. The molecule has 0 atom stereocenters. The van der Waals surface area contributed by atoms with Crippen LogP contribution >= 0.6 is 11.6 Å². The summed E-state index contributed by atoms with van der Waals surface area (Å²) in [5.41, 5.74) is 2.45. The number of imidazole rings is 1. The smallest absolute Gasteiger partial charge is 0.262 e. The number of halogens is 1. The van der Waals surface area contributed by atoms with Gasteiger partial charge in [0.2, 0.25) is 0 Å². The number of carbonyl (C=O) groups is 1. The van der Waals surface area contributed by atoms with Gasteiger partial charge in [-0.1, -0.05) is 11.6 Å². The molecule has 0 saturated heterocycles. The molecular weight excluding hydrogens is 302 g/mol. The standard InChI is InChI=1S/C16H14ClN3O2/c1-10-18-14-7-4-12(8-15(14)19-10)20-16(21)9-22-13-5-2-11(17)3-6-13/h2-8H,9H2,1H3,(H,18,19)(H,20,21). The van der Waals surface area contributed by atoms with Gasteiger partial charge in [0, 0.05) is 10.7 Å². The quantitative estimate of drug-likeness (QED) is 0.774. The van der Waals surface area contributed by atoms with Gasteiger partial charge in [-0.05, 0) is 49.4 Å². The molecule has 0 unspecified atom stereocenters. The normalized spacial score (nSPS) is 10.6. The number of amides is 1. The van der Waals surface area contributed by atoms with Crippen molar-refractivity contribution in [1.29, 1.82) is 0 Å². The summed E-state index contributed by atoms with van der Waals surface area (Å²) in [5, 5.41) is 3.41. The van der Waals surface area contributed by atoms with Gasteiger partial charge in [-0.3, -0.25) is 4.79 Å². The number of aryl methyl sites for hydroxylation is 1. The molecule has 1 heterocycles. The molecule has 2 N–H and O–H groups in total. The molecule has 1 aromatic heterocycles. The number of H-pyrrole nitrogens is 1. The summed E-state index contributed by atoms with van der Waals surface area (Å²) in [5.74, 6) is 1.20. The zero-order chi connectivity index (χ0) is 15.5. The van der Waals surface area contributed by atoms with Crippen LogP contribution in [-0.4, -0.2) is 22.5 Å². The second-order valence-corrected chi connectivity index (χ2v) is 5.28. The minimum Gasteiger partial charge on any atom is -0.484 e. The van der Waals surface area contributed by atoms with E-state index in [2.05, 4.69) is 15.3 Å². The Balaban J connectivity index is 1.61. The van der Waals surface area contributed by atoms with Crippen molar-refractivity contribution in [2.45, 2.75) is 6.92 Å². The largest absolute Gasteiger partial charge is 0.484 e. The third kappa shape index (κ3) is 3.38. The first-order chi connectivity index (χ1) is 10.6. The fourth-order valence-corrected chi connectivity index (χ4v) is 2.22. The van der Waals surface area contributed by atoms with E-state index in [0.29, 0.717) is 16.5 Å². The average Bonchev–Trinajstić information content (AvgIpc) is 2.86. The van der Waals surface area contributed by atoms with Gasteiger partial charge in [0.25, 0.3) is 5.91 Å². The fourth-order valence-electron chi connectivity index (χ4n) is 2.09. The number of rotatable bonds is 4. The number of hydrogen-bond acceptors (Lipinski definition) is 3. The van der Waals surface area contributed by atoms with Crippen molar-refractivity contribution in [3.8, 4) is 5.75 Å². The molecule has 0 radical (unpaired) electrons. The van der Waals surface area contributed by atoms with Gasteiger partial charge >= 0.3 is 0 Å². The highest BCUT2D eigenvalue weighted by atomic mass is 35.5. The number of benzene rings is 2. The number of aromatic nitrogens is 2. The Morgan fingerprint density at radius 2 is 2.05 bits per heavy atom. The van der Waals surface area contributed by atoms with E-state index in [4.69, 9.17) is 16.3 Å². The summed E-state index contributed by atoms with van der Waals surface area (Å²) >= 11 is 5.79. The Bertz CT molecular complexity index is 812. The molecule has 0 bridgehead atoms. The lowest BCUT2D eigenvalue weighted by Gasteiger charge is -2.07. The zero-order valence-corrected chi connectivity index (χ0v) is 12.6. The maximum absolute atomic E-state index is 11.9. The third-order valence-corrected chi connectivity index (χ3v) is 3.32. The van der Waals surface area contributed by atoms with E-state index in [1.807, 2.05) is 25.1 Å². The number of nitrogens with zero attached hydrogens (tertiary/aromatic N) is 1. The first-order valence-corrected chi connectivity index (χ1v) is 7.12. The lowest BCUT2D eigenvalue weighted by molar-refractivity contribution is -0.118. The Labute approximate surface area is 132 Å². The molecular formula is C16H14ClN3O2. The number of hydrogen-bond donors (Lipinski definition) is 2. The van der Waals surface area contributed by atoms with E-state index in [1.165, 1.54) is 0 Å². The van der Waals surface area contributed by atoms with Crippen LogP contribution in [0, 0.1) is 6.92 Å². The lowest BCUT2D eigenvalue weighted by Crippen LogP contribution is -2.20. The van der Waals surface area contributed by atoms with Crippen LogP contribution in [0.1, 0.15) is 5.82 Å². The first kappa shape index (κ1) is 14.4. The van der Waals surface area contributed by atoms with Crippen LogP contribution in [0.3, 0.4) is 0 Å². The molecule has 0 fully saturated rings. The maximum Gasteiger partial charge on any atom is 0.262 e. The van der Waals surface area contributed by atoms with Gasteiger partial charge in [-0.15, -0.1) is 0 Å². The van der Waals surface area contributed by atoms with E-state index in [-0.39, 0.29) is 12.5 Å². The monoisotopic (exact) mass is 315 g/mol. The summed E-state index contributed by atoms with van der Waals surface area (Å²) in [7, 11) is 0. The highest BCUT2D eigenvalue weighted by Crippen LogP contribution is 2.18. The summed E-state index contributed by atoms with van der Waals surface area (Å²) in [6.45, 7) is 1.82. The van der Waals surface area contributed by atoms with Crippen molar-refractivity contribution in [3.05, 3.63) is 53.3 Å². The number of fused-ring (bicyclic) bond motifs is 1. The number of nitrogens with one attached hydrogen (secondary N) is 2. The van der Waals surface area contributed by atoms with Crippen molar-refractivity contribution >= 4 is 34.2 Å². The van der Waals surface area contributed by atoms with E-state index in [9.17, 15) is 4.79 Å². The van der Waals surface area contributed by atoms with Gasteiger partial charge in [-0.2, -0.15) is 0 Å². The fraction of sp³-hybridized carbons (Fsp3) is 0.125. The number of carbonyl (C=O) groups excluding carboxylic acids is 1. The van der Waals surface area contributed by atoms with Crippen LogP contribution in [-0.2, 0) is 4.79 Å². The van der Waals surface area contributed by atoms with Crippen LogP contribution in [0.5, 0.6) is 5.75 Å². The van der Waals surface area contributed by atoms with E-state index in [1.54, 1.807) is 24.3 Å².